The van der Waals surface area contributed by atoms with Crippen LogP contribution < -0.4 is 9.62 Å². The maximum atomic E-state index is 12.2. The molecular formula is C13H17F3N2S. The average Bonchev–Trinajstić information content (AvgIpc) is 2.36. The van der Waals surface area contributed by atoms with Gasteiger partial charge in [0.05, 0.1) is 11.9 Å². The third-order valence-corrected chi connectivity index (χ3v) is 3.65. The molecule has 1 aromatic rings. The van der Waals surface area contributed by atoms with Crippen molar-refractivity contribution in [2.75, 3.05) is 22.7 Å². The summed E-state index contributed by atoms with van der Waals surface area (Å²) in [5.41, 5.74) is -1.47. The van der Waals surface area contributed by atoms with Crippen LogP contribution in [0.25, 0.3) is 0 Å². The summed E-state index contributed by atoms with van der Waals surface area (Å²) in [6, 6.07) is 5.46. The van der Waals surface area contributed by atoms with Gasteiger partial charge in [0, 0.05) is 24.5 Å². The van der Waals surface area contributed by atoms with Crippen molar-refractivity contribution >= 4 is 23.3 Å². The molecule has 6 heteroatoms. The highest BCUT2D eigenvalue weighted by molar-refractivity contribution is 8.01. The van der Waals surface area contributed by atoms with Crippen LogP contribution in [0, 0.1) is 0 Å². The van der Waals surface area contributed by atoms with E-state index >= 15 is 0 Å². The molecule has 1 aromatic carbocycles. The Labute approximate surface area is 115 Å². The summed E-state index contributed by atoms with van der Waals surface area (Å²) >= 11 is -0.217. The van der Waals surface area contributed by atoms with Crippen molar-refractivity contribution in [3.63, 3.8) is 0 Å². The Kier molecular flexibility index (Phi) is 4.50. The first-order valence-electron chi connectivity index (χ1n) is 6.38. The Morgan fingerprint density at radius 3 is 2.84 bits per heavy atom. The first-order chi connectivity index (χ1) is 8.99. The number of nitrogens with zero attached hydrogens (tertiary/aromatic N) is 1. The van der Waals surface area contributed by atoms with Crippen LogP contribution in [0.1, 0.15) is 25.3 Å². The van der Waals surface area contributed by atoms with E-state index in [0.29, 0.717) is 5.69 Å². The van der Waals surface area contributed by atoms with Gasteiger partial charge in [0.15, 0.2) is 0 Å². The average molecular weight is 290 g/mol. The van der Waals surface area contributed by atoms with Crippen molar-refractivity contribution in [1.29, 1.82) is 0 Å². The lowest BCUT2D eigenvalue weighted by Crippen LogP contribution is -2.30. The SMILES string of the molecule is CCCN1CCCc2ccc(NSC(F)(F)F)cc21. The monoisotopic (exact) mass is 290 g/mol. The molecule has 0 aliphatic carbocycles. The topological polar surface area (TPSA) is 15.3 Å². The minimum atomic E-state index is -4.26. The fourth-order valence-corrected chi connectivity index (χ4v) is 2.69. The van der Waals surface area contributed by atoms with Crippen molar-refractivity contribution in [3.8, 4) is 0 Å². The van der Waals surface area contributed by atoms with E-state index in [1.807, 2.05) is 12.1 Å². The molecule has 0 aromatic heterocycles. The number of hydrogen-bond donors (Lipinski definition) is 1. The molecule has 0 spiro atoms. The number of halogens is 3. The van der Waals surface area contributed by atoms with Gasteiger partial charge in [-0.2, -0.15) is 13.2 Å². The quantitative estimate of drug-likeness (QED) is 0.826. The van der Waals surface area contributed by atoms with E-state index in [4.69, 9.17) is 0 Å². The minimum Gasteiger partial charge on any atom is -0.371 e. The summed E-state index contributed by atoms with van der Waals surface area (Å²) in [6.45, 7) is 4.04. The molecule has 2 rings (SSSR count). The van der Waals surface area contributed by atoms with Gasteiger partial charge in [-0.3, -0.25) is 0 Å². The third kappa shape index (κ3) is 3.96. The molecule has 0 atom stereocenters. The van der Waals surface area contributed by atoms with Crippen molar-refractivity contribution in [2.24, 2.45) is 0 Å². The second-order valence-electron chi connectivity index (χ2n) is 4.58. The lowest BCUT2D eigenvalue weighted by molar-refractivity contribution is -0.0323. The molecule has 1 aliphatic heterocycles. The molecule has 0 saturated heterocycles. The number of fused-ring (bicyclic) bond motifs is 1. The molecule has 1 N–H and O–H groups in total. The summed E-state index contributed by atoms with van der Waals surface area (Å²) in [4.78, 5) is 2.25. The van der Waals surface area contributed by atoms with Crippen LogP contribution in [0.2, 0.25) is 0 Å². The van der Waals surface area contributed by atoms with E-state index in [9.17, 15) is 13.2 Å². The second-order valence-corrected chi connectivity index (χ2v) is 5.46. The first-order valence-corrected chi connectivity index (χ1v) is 7.20. The highest BCUT2D eigenvalue weighted by atomic mass is 32.2. The van der Waals surface area contributed by atoms with Gasteiger partial charge in [-0.1, -0.05) is 13.0 Å². The highest BCUT2D eigenvalue weighted by Gasteiger charge is 2.29. The molecule has 0 radical (unpaired) electrons. The zero-order valence-electron chi connectivity index (χ0n) is 10.8. The van der Waals surface area contributed by atoms with Crippen LogP contribution in [0.5, 0.6) is 0 Å². The Morgan fingerprint density at radius 2 is 2.16 bits per heavy atom. The van der Waals surface area contributed by atoms with E-state index in [-0.39, 0.29) is 11.9 Å². The fourth-order valence-electron chi connectivity index (χ4n) is 2.33. The van der Waals surface area contributed by atoms with Gasteiger partial charge in [0.1, 0.15) is 0 Å². The summed E-state index contributed by atoms with van der Waals surface area (Å²) in [7, 11) is 0. The smallest absolute Gasteiger partial charge is 0.371 e. The first kappa shape index (κ1) is 14.4. The standard InChI is InChI=1S/C13H17F3N2S/c1-2-7-18-8-3-4-10-5-6-11(9-12(10)18)17-19-13(14,15)16/h5-6,9,17H,2-4,7-8H2,1H3. The molecule has 106 valence electrons. The molecule has 2 nitrogen and oxygen atoms in total. The lowest BCUT2D eigenvalue weighted by Gasteiger charge is -2.31. The number of aryl methyl sites for hydroxylation is 1. The predicted molar refractivity (Wildman–Crippen MR) is 74.5 cm³/mol. The molecule has 1 heterocycles. The highest BCUT2D eigenvalue weighted by Crippen LogP contribution is 2.34. The van der Waals surface area contributed by atoms with E-state index in [0.717, 1.165) is 38.0 Å². The number of alkyl halides is 3. The predicted octanol–water partition coefficient (Wildman–Crippen LogP) is 4.43. The molecule has 0 unspecified atom stereocenters. The van der Waals surface area contributed by atoms with Crippen molar-refractivity contribution in [3.05, 3.63) is 23.8 Å². The Balaban J connectivity index is 2.14. The number of nitrogens with one attached hydrogen (secondary N) is 1. The minimum absolute atomic E-state index is 0.217. The van der Waals surface area contributed by atoms with Gasteiger partial charge in [-0.05, 0) is 37.0 Å². The summed E-state index contributed by atoms with van der Waals surface area (Å²) in [5, 5.41) is 0. The Bertz CT molecular complexity index is 434. The largest absolute Gasteiger partial charge is 0.461 e. The molecule has 0 amide bonds. The van der Waals surface area contributed by atoms with Crippen LogP contribution in [-0.4, -0.2) is 18.6 Å². The van der Waals surface area contributed by atoms with E-state index in [2.05, 4.69) is 16.5 Å². The Morgan fingerprint density at radius 1 is 1.37 bits per heavy atom. The third-order valence-electron chi connectivity index (χ3n) is 3.08. The van der Waals surface area contributed by atoms with Gasteiger partial charge in [-0.15, -0.1) is 0 Å². The summed E-state index contributed by atoms with van der Waals surface area (Å²) < 4.78 is 38.9. The molecule has 1 aliphatic rings. The maximum absolute atomic E-state index is 12.2. The van der Waals surface area contributed by atoms with E-state index in [1.54, 1.807) is 6.07 Å². The van der Waals surface area contributed by atoms with Crippen molar-refractivity contribution < 1.29 is 13.2 Å². The van der Waals surface area contributed by atoms with Gasteiger partial charge < -0.3 is 9.62 Å². The van der Waals surface area contributed by atoms with Crippen LogP contribution in [0.4, 0.5) is 24.5 Å². The zero-order chi connectivity index (χ0) is 13.9. The number of hydrogen-bond acceptors (Lipinski definition) is 3. The summed E-state index contributed by atoms with van der Waals surface area (Å²) in [6.07, 6.45) is 3.15. The lowest BCUT2D eigenvalue weighted by atomic mass is 10.0. The maximum Gasteiger partial charge on any atom is 0.461 e. The van der Waals surface area contributed by atoms with Crippen LogP contribution in [0.15, 0.2) is 18.2 Å². The van der Waals surface area contributed by atoms with Gasteiger partial charge >= 0.3 is 5.51 Å². The molecule has 0 fully saturated rings. The number of benzene rings is 1. The Hall–Kier alpha value is -1.04. The number of rotatable bonds is 4. The zero-order valence-corrected chi connectivity index (χ0v) is 11.6. The summed E-state index contributed by atoms with van der Waals surface area (Å²) in [5.74, 6) is 0. The van der Waals surface area contributed by atoms with Gasteiger partial charge in [0.2, 0.25) is 0 Å². The van der Waals surface area contributed by atoms with Gasteiger partial charge in [-0.25, -0.2) is 0 Å². The van der Waals surface area contributed by atoms with E-state index < -0.39 is 5.51 Å². The number of anilines is 2. The molecular weight excluding hydrogens is 273 g/mol. The fraction of sp³-hybridized carbons (Fsp3) is 0.538. The molecule has 0 bridgehead atoms. The van der Waals surface area contributed by atoms with Crippen LogP contribution in [0.3, 0.4) is 0 Å². The molecule has 0 saturated carbocycles. The normalized spacial score (nSPS) is 15.3. The van der Waals surface area contributed by atoms with Crippen molar-refractivity contribution in [1.82, 2.24) is 0 Å². The van der Waals surface area contributed by atoms with Gasteiger partial charge in [0.25, 0.3) is 0 Å². The van der Waals surface area contributed by atoms with Crippen LogP contribution >= 0.6 is 11.9 Å². The van der Waals surface area contributed by atoms with Crippen molar-refractivity contribution in [2.45, 2.75) is 31.7 Å². The second kappa shape index (κ2) is 5.94. The van der Waals surface area contributed by atoms with Crippen LogP contribution in [-0.2, 0) is 6.42 Å². The van der Waals surface area contributed by atoms with E-state index in [1.165, 1.54) is 5.56 Å². The molecule has 19 heavy (non-hydrogen) atoms.